The normalized spacial score (nSPS) is 26.4. The molecule has 2 unspecified atom stereocenters. The van der Waals surface area contributed by atoms with Gasteiger partial charge in [0.25, 0.3) is 0 Å². The summed E-state index contributed by atoms with van der Waals surface area (Å²) >= 11 is 0. The van der Waals surface area contributed by atoms with E-state index in [2.05, 4.69) is 33.8 Å². The maximum Gasteiger partial charge on any atom is 0.128 e. The Morgan fingerprint density at radius 1 is 1.41 bits per heavy atom. The van der Waals surface area contributed by atoms with Gasteiger partial charge in [-0.25, -0.2) is 0 Å². The van der Waals surface area contributed by atoms with E-state index in [9.17, 15) is 5.11 Å². The van der Waals surface area contributed by atoms with Crippen LogP contribution in [0.2, 0.25) is 0 Å². The summed E-state index contributed by atoms with van der Waals surface area (Å²) in [6.45, 7) is 12.9. The van der Waals surface area contributed by atoms with Gasteiger partial charge in [-0.05, 0) is 43.8 Å². The number of aliphatic hydroxyl groups is 1. The smallest absolute Gasteiger partial charge is 0.128 e. The van der Waals surface area contributed by atoms with Crippen molar-refractivity contribution in [3.05, 3.63) is 23.0 Å². The molecule has 1 aliphatic heterocycles. The molecule has 0 saturated heterocycles. The molecule has 98 valence electrons. The van der Waals surface area contributed by atoms with E-state index in [1.165, 1.54) is 11.1 Å². The van der Waals surface area contributed by atoms with Gasteiger partial charge in [0, 0.05) is 5.92 Å². The van der Waals surface area contributed by atoms with Crippen molar-refractivity contribution in [1.29, 1.82) is 0 Å². The molecule has 0 aromatic carbocycles. The Morgan fingerprint density at radius 3 is 2.41 bits per heavy atom. The highest BCUT2D eigenvalue weighted by Crippen LogP contribution is 2.40. The summed E-state index contributed by atoms with van der Waals surface area (Å²) in [6, 6.07) is 0. The van der Waals surface area contributed by atoms with Crippen molar-refractivity contribution in [3.63, 3.8) is 0 Å². The molecular formula is C15H26O2. The zero-order valence-corrected chi connectivity index (χ0v) is 12.0. The Hall–Kier alpha value is -0.760. The van der Waals surface area contributed by atoms with Crippen LogP contribution < -0.4 is 0 Å². The van der Waals surface area contributed by atoms with Crippen LogP contribution in [0.15, 0.2) is 23.0 Å². The first-order chi connectivity index (χ1) is 7.80. The third kappa shape index (κ3) is 3.35. The van der Waals surface area contributed by atoms with Crippen molar-refractivity contribution in [2.45, 2.75) is 54.1 Å². The van der Waals surface area contributed by atoms with Crippen molar-refractivity contribution < 1.29 is 9.84 Å². The molecule has 1 N–H and O–H groups in total. The number of ether oxygens (including phenoxy) is 1. The third-order valence-electron chi connectivity index (χ3n) is 3.39. The van der Waals surface area contributed by atoms with Gasteiger partial charge in [0.05, 0.1) is 12.4 Å². The second kappa shape index (κ2) is 5.26. The van der Waals surface area contributed by atoms with Crippen LogP contribution >= 0.6 is 0 Å². The second-order valence-electron chi connectivity index (χ2n) is 6.18. The van der Waals surface area contributed by atoms with Gasteiger partial charge < -0.3 is 9.84 Å². The van der Waals surface area contributed by atoms with Gasteiger partial charge in [-0.3, -0.25) is 0 Å². The molecule has 0 bridgehead atoms. The lowest BCUT2D eigenvalue weighted by Crippen LogP contribution is -2.24. The van der Waals surface area contributed by atoms with Crippen LogP contribution in [0.3, 0.4) is 0 Å². The zero-order valence-electron chi connectivity index (χ0n) is 12.0. The van der Waals surface area contributed by atoms with E-state index in [1.807, 2.05) is 13.8 Å². The van der Waals surface area contributed by atoms with Crippen LogP contribution in [0, 0.1) is 11.3 Å². The predicted molar refractivity (Wildman–Crippen MR) is 71.7 cm³/mol. The highest BCUT2D eigenvalue weighted by molar-refractivity contribution is 5.25. The van der Waals surface area contributed by atoms with Gasteiger partial charge in [-0.1, -0.05) is 26.8 Å². The molecule has 1 heterocycles. The fraction of sp³-hybridized carbons (Fsp3) is 0.733. The van der Waals surface area contributed by atoms with Crippen LogP contribution in [0.25, 0.3) is 0 Å². The Balaban J connectivity index is 2.93. The standard InChI is InChI=1S/C15H26O2/c1-7-10(2)14-13(9-16)12(11(3)17-14)8-15(4,5)6/h7,13-14,16H,8-9H2,1-6H3/b10-7+. The van der Waals surface area contributed by atoms with Crippen LogP contribution in [-0.2, 0) is 4.74 Å². The molecule has 2 heteroatoms. The molecule has 0 radical (unpaired) electrons. The Bertz CT molecular complexity index is 331. The molecule has 1 rings (SSSR count). The van der Waals surface area contributed by atoms with Gasteiger partial charge in [0.1, 0.15) is 6.10 Å². The molecule has 0 amide bonds. The molecule has 0 aromatic rings. The average molecular weight is 238 g/mol. The molecule has 0 spiro atoms. The lowest BCUT2D eigenvalue weighted by molar-refractivity contribution is 0.111. The third-order valence-corrected chi connectivity index (χ3v) is 3.39. The molecule has 2 nitrogen and oxygen atoms in total. The summed E-state index contributed by atoms with van der Waals surface area (Å²) in [5.41, 5.74) is 2.71. The molecule has 0 aromatic heterocycles. The van der Waals surface area contributed by atoms with E-state index in [1.54, 1.807) is 0 Å². The monoisotopic (exact) mass is 238 g/mol. The van der Waals surface area contributed by atoms with Crippen molar-refractivity contribution in [2.75, 3.05) is 6.61 Å². The van der Waals surface area contributed by atoms with Crippen LogP contribution in [-0.4, -0.2) is 17.8 Å². The van der Waals surface area contributed by atoms with Gasteiger partial charge in [0.15, 0.2) is 0 Å². The van der Waals surface area contributed by atoms with E-state index < -0.39 is 0 Å². The molecule has 2 atom stereocenters. The van der Waals surface area contributed by atoms with Crippen LogP contribution in [0.1, 0.15) is 48.0 Å². The predicted octanol–water partition coefficient (Wildman–Crippen LogP) is 3.67. The van der Waals surface area contributed by atoms with Gasteiger partial charge >= 0.3 is 0 Å². The maximum absolute atomic E-state index is 9.62. The number of aliphatic hydroxyl groups excluding tert-OH is 1. The number of allylic oxidation sites excluding steroid dienone is 2. The van der Waals surface area contributed by atoms with Gasteiger partial charge in [-0.2, -0.15) is 0 Å². The van der Waals surface area contributed by atoms with Crippen molar-refractivity contribution in [2.24, 2.45) is 11.3 Å². The minimum Gasteiger partial charge on any atom is -0.490 e. The quantitative estimate of drug-likeness (QED) is 0.760. The molecule has 17 heavy (non-hydrogen) atoms. The number of hydrogen-bond donors (Lipinski definition) is 1. The molecule has 0 saturated carbocycles. The summed E-state index contributed by atoms with van der Waals surface area (Å²) in [7, 11) is 0. The first-order valence-corrected chi connectivity index (χ1v) is 6.40. The Morgan fingerprint density at radius 2 is 2.00 bits per heavy atom. The highest BCUT2D eigenvalue weighted by atomic mass is 16.5. The van der Waals surface area contributed by atoms with Gasteiger partial charge in [-0.15, -0.1) is 0 Å². The van der Waals surface area contributed by atoms with Gasteiger partial charge in [0.2, 0.25) is 0 Å². The Labute approximate surface area is 105 Å². The molecular weight excluding hydrogens is 212 g/mol. The summed E-state index contributed by atoms with van der Waals surface area (Å²) in [5.74, 6) is 1.13. The Kier molecular flexibility index (Phi) is 4.42. The maximum atomic E-state index is 9.62. The summed E-state index contributed by atoms with van der Waals surface area (Å²) in [4.78, 5) is 0. The topological polar surface area (TPSA) is 29.5 Å². The fourth-order valence-electron chi connectivity index (χ4n) is 2.40. The highest BCUT2D eigenvalue weighted by Gasteiger charge is 2.36. The summed E-state index contributed by atoms with van der Waals surface area (Å²) < 4.78 is 5.93. The minimum absolute atomic E-state index is 0.0300. The van der Waals surface area contributed by atoms with E-state index >= 15 is 0 Å². The van der Waals surface area contributed by atoms with Crippen LogP contribution in [0.4, 0.5) is 0 Å². The lowest BCUT2D eigenvalue weighted by Gasteiger charge is -2.24. The second-order valence-corrected chi connectivity index (χ2v) is 6.18. The lowest BCUT2D eigenvalue weighted by atomic mass is 9.80. The zero-order chi connectivity index (χ0) is 13.2. The first kappa shape index (κ1) is 14.3. The summed E-state index contributed by atoms with van der Waals surface area (Å²) in [5, 5.41) is 9.62. The van der Waals surface area contributed by atoms with E-state index in [0.717, 1.165) is 12.2 Å². The van der Waals surface area contributed by atoms with Crippen molar-refractivity contribution >= 4 is 0 Å². The average Bonchev–Trinajstić information content (AvgIpc) is 2.52. The van der Waals surface area contributed by atoms with Crippen LogP contribution in [0.5, 0.6) is 0 Å². The fourth-order valence-corrected chi connectivity index (χ4v) is 2.40. The largest absolute Gasteiger partial charge is 0.490 e. The molecule has 0 fully saturated rings. The van der Waals surface area contributed by atoms with Crippen molar-refractivity contribution in [1.82, 2.24) is 0 Å². The number of hydrogen-bond acceptors (Lipinski definition) is 2. The van der Waals surface area contributed by atoms with E-state index in [-0.39, 0.29) is 24.0 Å². The molecule has 0 aliphatic carbocycles. The molecule has 1 aliphatic rings. The first-order valence-electron chi connectivity index (χ1n) is 6.40. The SMILES string of the molecule is C/C=C(\C)C1OC(C)=C(CC(C)(C)C)C1CO. The summed E-state index contributed by atoms with van der Waals surface area (Å²) in [6.07, 6.45) is 3.08. The van der Waals surface area contributed by atoms with Crippen molar-refractivity contribution in [3.8, 4) is 0 Å². The van der Waals surface area contributed by atoms with E-state index in [4.69, 9.17) is 4.74 Å². The van der Waals surface area contributed by atoms with E-state index in [0.29, 0.717) is 0 Å². The minimum atomic E-state index is 0.0300. The number of rotatable bonds is 3.